The van der Waals surface area contributed by atoms with Gasteiger partial charge in [0.15, 0.2) is 0 Å². The molecule has 1 heterocycles. The lowest BCUT2D eigenvalue weighted by atomic mass is 10.00. The molecule has 0 saturated carbocycles. The highest BCUT2D eigenvalue weighted by molar-refractivity contribution is 7.90. The molecule has 0 aromatic carbocycles. The topological polar surface area (TPSA) is 49.4 Å². The Hall–Kier alpha value is -0.130. The minimum Gasteiger partial charge on any atom is -0.316 e. The summed E-state index contributed by atoms with van der Waals surface area (Å²) in [6.07, 6.45) is 3.16. The SMILES string of the molecule is CCCN(CC1CCCNC1)S(=O)(=O)C(C)(C)C. The van der Waals surface area contributed by atoms with Gasteiger partial charge in [0.2, 0.25) is 10.0 Å². The summed E-state index contributed by atoms with van der Waals surface area (Å²) in [5, 5.41) is 3.35. The molecule has 1 N–H and O–H groups in total. The highest BCUT2D eigenvalue weighted by atomic mass is 32.2. The van der Waals surface area contributed by atoms with Crippen LogP contribution in [-0.2, 0) is 10.0 Å². The predicted molar refractivity (Wildman–Crippen MR) is 76.1 cm³/mol. The third kappa shape index (κ3) is 3.93. The smallest absolute Gasteiger partial charge is 0.219 e. The van der Waals surface area contributed by atoms with Crippen LogP contribution in [0.25, 0.3) is 0 Å². The Morgan fingerprint density at radius 3 is 2.44 bits per heavy atom. The van der Waals surface area contributed by atoms with Gasteiger partial charge in [-0.1, -0.05) is 6.92 Å². The summed E-state index contributed by atoms with van der Waals surface area (Å²) in [6.45, 7) is 10.7. The molecule has 0 aliphatic carbocycles. The second-order valence-electron chi connectivity index (χ2n) is 6.19. The molecule has 0 bridgehead atoms. The molecule has 1 rings (SSSR count). The van der Waals surface area contributed by atoms with Crippen molar-refractivity contribution in [1.29, 1.82) is 0 Å². The van der Waals surface area contributed by atoms with Crippen LogP contribution in [0.1, 0.15) is 47.0 Å². The molecule has 5 heteroatoms. The number of piperidine rings is 1. The van der Waals surface area contributed by atoms with Crippen LogP contribution in [0, 0.1) is 5.92 Å². The Morgan fingerprint density at radius 1 is 1.33 bits per heavy atom. The van der Waals surface area contributed by atoms with E-state index in [9.17, 15) is 8.42 Å². The third-order valence-corrected chi connectivity index (χ3v) is 6.01. The van der Waals surface area contributed by atoms with Crippen molar-refractivity contribution in [1.82, 2.24) is 9.62 Å². The van der Waals surface area contributed by atoms with Crippen LogP contribution >= 0.6 is 0 Å². The van der Waals surface area contributed by atoms with Gasteiger partial charge in [0.25, 0.3) is 0 Å². The number of rotatable bonds is 5. The normalized spacial score (nSPS) is 22.4. The van der Waals surface area contributed by atoms with Crippen molar-refractivity contribution < 1.29 is 8.42 Å². The molecule has 1 aliphatic rings. The van der Waals surface area contributed by atoms with Crippen molar-refractivity contribution in [3.8, 4) is 0 Å². The third-order valence-electron chi connectivity index (χ3n) is 3.45. The predicted octanol–water partition coefficient (Wildman–Crippen LogP) is 1.83. The summed E-state index contributed by atoms with van der Waals surface area (Å²) in [4.78, 5) is 0. The van der Waals surface area contributed by atoms with Gasteiger partial charge >= 0.3 is 0 Å². The van der Waals surface area contributed by atoms with Crippen LogP contribution < -0.4 is 5.32 Å². The van der Waals surface area contributed by atoms with Crippen LogP contribution in [0.2, 0.25) is 0 Å². The quantitative estimate of drug-likeness (QED) is 0.833. The molecule has 0 spiro atoms. The minimum absolute atomic E-state index is 0.461. The van der Waals surface area contributed by atoms with Crippen molar-refractivity contribution in [2.45, 2.75) is 51.7 Å². The summed E-state index contributed by atoms with van der Waals surface area (Å²) in [5.74, 6) is 0.461. The van der Waals surface area contributed by atoms with Crippen LogP contribution in [0.4, 0.5) is 0 Å². The van der Waals surface area contributed by atoms with Gasteiger partial charge in [0, 0.05) is 13.1 Å². The molecule has 1 saturated heterocycles. The molecule has 0 radical (unpaired) electrons. The van der Waals surface area contributed by atoms with E-state index in [1.165, 1.54) is 0 Å². The second-order valence-corrected chi connectivity index (χ2v) is 8.88. The number of sulfonamides is 1. The van der Waals surface area contributed by atoms with Gasteiger partial charge in [-0.2, -0.15) is 0 Å². The van der Waals surface area contributed by atoms with E-state index >= 15 is 0 Å². The van der Waals surface area contributed by atoms with Gasteiger partial charge in [0.1, 0.15) is 0 Å². The van der Waals surface area contributed by atoms with Crippen molar-refractivity contribution in [2.24, 2.45) is 5.92 Å². The van der Waals surface area contributed by atoms with Crippen LogP contribution in [0.5, 0.6) is 0 Å². The lowest BCUT2D eigenvalue weighted by Gasteiger charge is -2.33. The molecule has 0 aromatic heterocycles. The van der Waals surface area contributed by atoms with E-state index in [-0.39, 0.29) is 0 Å². The van der Waals surface area contributed by atoms with Gasteiger partial charge in [-0.15, -0.1) is 0 Å². The van der Waals surface area contributed by atoms with Crippen molar-refractivity contribution in [2.75, 3.05) is 26.2 Å². The first-order chi connectivity index (χ1) is 8.29. The molecule has 108 valence electrons. The summed E-state index contributed by atoms with van der Waals surface area (Å²) < 4.78 is 26.0. The molecule has 1 unspecified atom stereocenters. The Bertz CT molecular complexity index is 340. The van der Waals surface area contributed by atoms with Crippen LogP contribution in [0.15, 0.2) is 0 Å². The Labute approximate surface area is 112 Å². The lowest BCUT2D eigenvalue weighted by Crippen LogP contribution is -2.47. The first kappa shape index (κ1) is 15.9. The Kier molecular flexibility index (Phi) is 5.62. The number of hydrogen-bond donors (Lipinski definition) is 1. The van der Waals surface area contributed by atoms with Crippen molar-refractivity contribution in [3.63, 3.8) is 0 Å². The molecule has 4 nitrogen and oxygen atoms in total. The summed E-state index contributed by atoms with van der Waals surface area (Å²) in [5.41, 5.74) is 0. The number of nitrogens with one attached hydrogen (secondary N) is 1. The second kappa shape index (κ2) is 6.35. The molecular formula is C13H28N2O2S. The standard InChI is InChI=1S/C13H28N2O2S/c1-5-9-15(18(16,17)13(2,3)4)11-12-7-6-8-14-10-12/h12,14H,5-11H2,1-4H3. The fraction of sp³-hybridized carbons (Fsp3) is 1.00. The molecule has 1 fully saturated rings. The van der Waals surface area contributed by atoms with Crippen LogP contribution in [0.3, 0.4) is 0 Å². The molecular weight excluding hydrogens is 248 g/mol. The van der Waals surface area contributed by atoms with E-state index in [2.05, 4.69) is 5.32 Å². The van der Waals surface area contributed by atoms with E-state index in [0.29, 0.717) is 19.0 Å². The van der Waals surface area contributed by atoms with Crippen molar-refractivity contribution in [3.05, 3.63) is 0 Å². The van der Waals surface area contributed by atoms with E-state index < -0.39 is 14.8 Å². The van der Waals surface area contributed by atoms with Gasteiger partial charge in [-0.25, -0.2) is 12.7 Å². The van der Waals surface area contributed by atoms with Gasteiger partial charge in [-0.3, -0.25) is 0 Å². The van der Waals surface area contributed by atoms with E-state index in [4.69, 9.17) is 0 Å². The maximum Gasteiger partial charge on any atom is 0.219 e. The molecule has 1 atom stereocenters. The van der Waals surface area contributed by atoms with E-state index in [1.807, 2.05) is 6.92 Å². The molecule has 1 aliphatic heterocycles. The largest absolute Gasteiger partial charge is 0.316 e. The number of nitrogens with zero attached hydrogens (tertiary/aromatic N) is 1. The van der Waals surface area contributed by atoms with Gasteiger partial charge in [0.05, 0.1) is 4.75 Å². The molecule has 0 amide bonds. The summed E-state index contributed by atoms with van der Waals surface area (Å²) >= 11 is 0. The molecule has 0 aromatic rings. The monoisotopic (exact) mass is 276 g/mol. The summed E-state index contributed by atoms with van der Waals surface area (Å²) in [6, 6.07) is 0. The number of hydrogen-bond acceptors (Lipinski definition) is 3. The highest BCUT2D eigenvalue weighted by Crippen LogP contribution is 2.23. The molecule has 18 heavy (non-hydrogen) atoms. The lowest BCUT2D eigenvalue weighted by molar-refractivity contribution is 0.287. The zero-order chi connectivity index (χ0) is 13.8. The minimum atomic E-state index is -3.19. The first-order valence-corrected chi connectivity index (χ1v) is 8.43. The fourth-order valence-corrected chi connectivity index (χ4v) is 3.92. The maximum atomic E-state index is 12.5. The Morgan fingerprint density at radius 2 is 2.00 bits per heavy atom. The summed E-state index contributed by atoms with van der Waals surface area (Å²) in [7, 11) is -3.19. The average molecular weight is 276 g/mol. The fourth-order valence-electron chi connectivity index (χ4n) is 2.31. The van der Waals surface area contributed by atoms with Gasteiger partial charge < -0.3 is 5.32 Å². The zero-order valence-corrected chi connectivity index (χ0v) is 13.0. The maximum absolute atomic E-state index is 12.5. The first-order valence-electron chi connectivity index (χ1n) is 6.99. The zero-order valence-electron chi connectivity index (χ0n) is 12.2. The van der Waals surface area contributed by atoms with E-state index in [0.717, 1.165) is 32.4 Å². The van der Waals surface area contributed by atoms with Crippen LogP contribution in [-0.4, -0.2) is 43.6 Å². The Balaban J connectivity index is 2.75. The van der Waals surface area contributed by atoms with Crippen molar-refractivity contribution >= 4 is 10.0 Å². The van der Waals surface area contributed by atoms with E-state index in [1.54, 1.807) is 25.1 Å². The highest BCUT2D eigenvalue weighted by Gasteiger charge is 2.35. The average Bonchev–Trinajstić information content (AvgIpc) is 2.28. The van der Waals surface area contributed by atoms with Gasteiger partial charge in [-0.05, 0) is 59.0 Å².